The molecule has 0 spiro atoms. The summed E-state index contributed by atoms with van der Waals surface area (Å²) in [5.41, 5.74) is 2.60. The van der Waals surface area contributed by atoms with Gasteiger partial charge in [-0.15, -0.1) is 0 Å². The summed E-state index contributed by atoms with van der Waals surface area (Å²) in [6, 6.07) is 14.5. The summed E-state index contributed by atoms with van der Waals surface area (Å²) in [4.78, 5) is 16.5. The van der Waals surface area contributed by atoms with E-state index in [9.17, 15) is 9.18 Å². The fraction of sp³-hybridized carbons (Fsp3) is 0.278. The van der Waals surface area contributed by atoms with Crippen molar-refractivity contribution in [1.29, 1.82) is 0 Å². The molecule has 0 aromatic heterocycles. The molecule has 0 atom stereocenters. The zero-order valence-corrected chi connectivity index (χ0v) is 12.6. The number of aryl methyl sites for hydroxylation is 1. The number of amides is 1. The number of para-hydroxylation sites is 2. The van der Waals surface area contributed by atoms with E-state index in [1.807, 2.05) is 36.2 Å². The normalized spacial score (nSPS) is 13.9. The smallest absolute Gasteiger partial charge is 0.227 e. The molecule has 0 N–H and O–H groups in total. The number of likely N-dealkylation sites (N-methyl/N-ethyl adjacent to an activating group) is 1. The summed E-state index contributed by atoms with van der Waals surface area (Å²) < 4.78 is 13.6. The molecular formula is C18H19FN2O. The zero-order valence-electron chi connectivity index (χ0n) is 12.6. The predicted molar refractivity (Wildman–Crippen MR) is 86.8 cm³/mol. The molecule has 0 saturated carbocycles. The van der Waals surface area contributed by atoms with Crippen molar-refractivity contribution in [3.8, 4) is 0 Å². The monoisotopic (exact) mass is 298 g/mol. The number of carbonyl (C=O) groups excluding carboxylic acids is 1. The van der Waals surface area contributed by atoms with Crippen molar-refractivity contribution < 1.29 is 9.18 Å². The number of nitrogens with zero attached hydrogens (tertiary/aromatic N) is 2. The van der Waals surface area contributed by atoms with Gasteiger partial charge in [-0.05, 0) is 30.2 Å². The minimum absolute atomic E-state index is 0.0452. The number of halogens is 1. The van der Waals surface area contributed by atoms with Crippen molar-refractivity contribution in [3.63, 3.8) is 0 Å². The summed E-state index contributed by atoms with van der Waals surface area (Å²) in [5, 5.41) is 0. The highest BCUT2D eigenvalue weighted by molar-refractivity contribution is 5.97. The first-order valence-electron chi connectivity index (χ1n) is 7.51. The van der Waals surface area contributed by atoms with E-state index >= 15 is 0 Å². The van der Waals surface area contributed by atoms with Gasteiger partial charge in [-0.25, -0.2) is 4.39 Å². The van der Waals surface area contributed by atoms with Crippen LogP contribution in [0.4, 0.5) is 15.8 Å². The number of hydrogen-bond donors (Lipinski definition) is 0. The molecule has 0 fully saturated rings. The summed E-state index contributed by atoms with van der Waals surface area (Å²) in [6.07, 6.45) is 0.749. The molecule has 22 heavy (non-hydrogen) atoms. The first-order chi connectivity index (χ1) is 10.7. The van der Waals surface area contributed by atoms with Crippen LogP contribution in [0.25, 0.3) is 0 Å². The summed E-state index contributed by atoms with van der Waals surface area (Å²) in [6.45, 7) is 1.48. The third-order valence-electron chi connectivity index (χ3n) is 4.11. The van der Waals surface area contributed by atoms with Crippen LogP contribution >= 0.6 is 0 Å². The van der Waals surface area contributed by atoms with Crippen LogP contribution in [0, 0.1) is 5.82 Å². The molecule has 4 heteroatoms. The van der Waals surface area contributed by atoms with Crippen LogP contribution in [-0.4, -0.2) is 26.0 Å². The van der Waals surface area contributed by atoms with Gasteiger partial charge in [0.2, 0.25) is 5.91 Å². The zero-order chi connectivity index (χ0) is 15.5. The third kappa shape index (κ3) is 2.82. The first-order valence-corrected chi connectivity index (χ1v) is 7.51. The second-order valence-corrected chi connectivity index (χ2v) is 5.55. The molecular weight excluding hydrogens is 279 g/mol. The molecule has 0 saturated heterocycles. The topological polar surface area (TPSA) is 23.6 Å². The van der Waals surface area contributed by atoms with E-state index in [1.165, 1.54) is 6.07 Å². The lowest BCUT2D eigenvalue weighted by Crippen LogP contribution is -2.42. The Bertz CT molecular complexity index is 686. The maximum Gasteiger partial charge on any atom is 0.227 e. The summed E-state index contributed by atoms with van der Waals surface area (Å²) >= 11 is 0. The summed E-state index contributed by atoms with van der Waals surface area (Å²) in [5.74, 6) is -0.196. The van der Waals surface area contributed by atoms with E-state index in [0.717, 1.165) is 17.9 Å². The fourth-order valence-corrected chi connectivity index (χ4v) is 2.84. The van der Waals surface area contributed by atoms with Gasteiger partial charge in [0.15, 0.2) is 0 Å². The molecule has 1 heterocycles. The van der Waals surface area contributed by atoms with E-state index < -0.39 is 0 Å². The van der Waals surface area contributed by atoms with Crippen LogP contribution in [0.1, 0.15) is 12.0 Å². The Labute approximate surface area is 130 Å². The van der Waals surface area contributed by atoms with Gasteiger partial charge in [0, 0.05) is 26.6 Å². The molecule has 0 radical (unpaired) electrons. The van der Waals surface area contributed by atoms with Gasteiger partial charge in [0.05, 0.1) is 11.4 Å². The number of fused-ring (bicyclic) bond motifs is 1. The minimum atomic E-state index is -0.242. The Balaban J connectivity index is 1.74. The van der Waals surface area contributed by atoms with E-state index in [0.29, 0.717) is 24.9 Å². The Morgan fingerprint density at radius 2 is 1.73 bits per heavy atom. The molecule has 1 amide bonds. The minimum Gasteiger partial charge on any atom is -0.371 e. The van der Waals surface area contributed by atoms with Crippen LogP contribution in [-0.2, 0) is 11.2 Å². The number of rotatable bonds is 3. The second kappa shape index (κ2) is 6.18. The number of hydrogen-bond acceptors (Lipinski definition) is 2. The Morgan fingerprint density at radius 1 is 1.05 bits per heavy atom. The number of carbonyl (C=O) groups is 1. The van der Waals surface area contributed by atoms with Gasteiger partial charge >= 0.3 is 0 Å². The van der Waals surface area contributed by atoms with E-state index in [-0.39, 0.29) is 11.7 Å². The standard InChI is InChI=1S/C18H19FN2O/c1-20-12-13-21(17-9-5-4-8-16(17)20)18(22)11-10-14-6-2-3-7-15(14)19/h2-9H,10-13H2,1H3. The molecule has 114 valence electrons. The predicted octanol–water partition coefficient (Wildman–Crippen LogP) is 3.24. The first kappa shape index (κ1) is 14.6. The van der Waals surface area contributed by atoms with Crippen molar-refractivity contribution in [2.24, 2.45) is 0 Å². The third-order valence-corrected chi connectivity index (χ3v) is 4.11. The highest BCUT2D eigenvalue weighted by atomic mass is 19.1. The quantitative estimate of drug-likeness (QED) is 0.868. The molecule has 1 aliphatic heterocycles. The number of benzene rings is 2. The van der Waals surface area contributed by atoms with E-state index in [2.05, 4.69) is 4.90 Å². The van der Waals surface area contributed by atoms with Gasteiger partial charge in [0.1, 0.15) is 5.82 Å². The van der Waals surface area contributed by atoms with Gasteiger partial charge in [-0.3, -0.25) is 4.79 Å². The van der Waals surface area contributed by atoms with E-state index in [1.54, 1.807) is 18.2 Å². The Hall–Kier alpha value is -2.36. The van der Waals surface area contributed by atoms with Crippen LogP contribution in [0.15, 0.2) is 48.5 Å². The molecule has 3 nitrogen and oxygen atoms in total. The molecule has 3 rings (SSSR count). The Kier molecular flexibility index (Phi) is 4.09. The van der Waals surface area contributed by atoms with Crippen molar-refractivity contribution >= 4 is 17.3 Å². The molecule has 0 bridgehead atoms. The van der Waals surface area contributed by atoms with Crippen LogP contribution in [0.3, 0.4) is 0 Å². The van der Waals surface area contributed by atoms with Gasteiger partial charge < -0.3 is 9.80 Å². The molecule has 2 aromatic rings. The SMILES string of the molecule is CN1CCN(C(=O)CCc2ccccc2F)c2ccccc21. The van der Waals surface area contributed by atoms with Gasteiger partial charge in [-0.1, -0.05) is 30.3 Å². The van der Waals surface area contributed by atoms with Crippen molar-refractivity contribution in [1.82, 2.24) is 0 Å². The van der Waals surface area contributed by atoms with Crippen LogP contribution in [0.5, 0.6) is 0 Å². The molecule has 0 aliphatic carbocycles. The number of anilines is 2. The van der Waals surface area contributed by atoms with Crippen molar-refractivity contribution in [3.05, 3.63) is 59.9 Å². The average Bonchev–Trinajstić information content (AvgIpc) is 2.54. The molecule has 0 unspecified atom stereocenters. The van der Waals surface area contributed by atoms with Crippen molar-refractivity contribution in [2.45, 2.75) is 12.8 Å². The maximum absolute atomic E-state index is 13.6. The van der Waals surface area contributed by atoms with Crippen LogP contribution in [0.2, 0.25) is 0 Å². The van der Waals surface area contributed by atoms with Crippen molar-refractivity contribution in [2.75, 3.05) is 29.9 Å². The highest BCUT2D eigenvalue weighted by Crippen LogP contribution is 2.32. The van der Waals surface area contributed by atoms with E-state index in [4.69, 9.17) is 0 Å². The lowest BCUT2D eigenvalue weighted by molar-refractivity contribution is -0.118. The lowest BCUT2D eigenvalue weighted by Gasteiger charge is -2.35. The van der Waals surface area contributed by atoms with Gasteiger partial charge in [-0.2, -0.15) is 0 Å². The van der Waals surface area contributed by atoms with Crippen LogP contribution < -0.4 is 9.80 Å². The molecule has 1 aliphatic rings. The second-order valence-electron chi connectivity index (χ2n) is 5.55. The van der Waals surface area contributed by atoms with Gasteiger partial charge in [0.25, 0.3) is 0 Å². The highest BCUT2D eigenvalue weighted by Gasteiger charge is 2.24. The molecule has 2 aromatic carbocycles. The summed E-state index contributed by atoms with van der Waals surface area (Å²) in [7, 11) is 2.03. The lowest BCUT2D eigenvalue weighted by atomic mass is 10.1. The Morgan fingerprint density at radius 3 is 2.50 bits per heavy atom. The maximum atomic E-state index is 13.6. The largest absolute Gasteiger partial charge is 0.371 e. The average molecular weight is 298 g/mol. The fourth-order valence-electron chi connectivity index (χ4n) is 2.84.